The first-order valence-electron chi connectivity index (χ1n) is 5.67. The van der Waals surface area contributed by atoms with Crippen molar-refractivity contribution in [3.05, 3.63) is 30.3 Å². The quantitative estimate of drug-likeness (QED) is 0.718. The molecule has 6 heteroatoms. The van der Waals surface area contributed by atoms with Crippen molar-refractivity contribution in [2.45, 2.75) is 30.8 Å². The molecule has 0 radical (unpaired) electrons. The number of carbonyl (C=O) groups excluding carboxylic acids is 1. The topological polar surface area (TPSA) is 61.4 Å². The molecule has 1 aromatic rings. The minimum Gasteiger partial charge on any atom is -0.383 e. The van der Waals surface area contributed by atoms with Crippen molar-refractivity contribution < 1.29 is 18.7 Å². The molecule has 0 saturated heterocycles. The zero-order valence-electron chi connectivity index (χ0n) is 9.62. The first-order chi connectivity index (χ1) is 8.46. The van der Waals surface area contributed by atoms with Crippen LogP contribution in [0.4, 0.5) is 14.5 Å². The predicted octanol–water partition coefficient (Wildman–Crippen LogP) is 1.68. The third-order valence-electron chi connectivity index (χ3n) is 3.14. The fourth-order valence-corrected chi connectivity index (χ4v) is 1.77. The van der Waals surface area contributed by atoms with Crippen LogP contribution in [0.2, 0.25) is 0 Å². The van der Waals surface area contributed by atoms with Crippen molar-refractivity contribution in [3.63, 3.8) is 0 Å². The number of rotatable bonds is 4. The molecule has 1 amide bonds. The SMILES string of the molecule is O=C(NNc1ccccc1)C(F)(F)C1(O)CCC1. The lowest BCUT2D eigenvalue weighted by Crippen LogP contribution is -2.61. The van der Waals surface area contributed by atoms with Crippen molar-refractivity contribution in [3.8, 4) is 0 Å². The summed E-state index contributed by atoms with van der Waals surface area (Å²) in [6, 6.07) is 8.41. The standard InChI is InChI=1S/C12H14F2N2O2/c13-12(14,11(18)7-4-8-11)10(17)16-15-9-5-2-1-3-6-9/h1-3,5-6,15,18H,4,7-8H2,(H,16,17). The summed E-state index contributed by atoms with van der Waals surface area (Å²) in [5, 5.41) is 9.57. The van der Waals surface area contributed by atoms with Gasteiger partial charge in [-0.05, 0) is 31.4 Å². The number of carbonyl (C=O) groups is 1. The number of alkyl halides is 2. The Morgan fingerprint density at radius 1 is 1.28 bits per heavy atom. The van der Waals surface area contributed by atoms with Crippen molar-refractivity contribution in [1.29, 1.82) is 0 Å². The second kappa shape index (κ2) is 4.53. The van der Waals surface area contributed by atoms with Gasteiger partial charge in [-0.3, -0.25) is 15.6 Å². The summed E-state index contributed by atoms with van der Waals surface area (Å²) in [6.07, 6.45) is 0.392. The van der Waals surface area contributed by atoms with E-state index in [1.54, 1.807) is 30.3 Å². The number of aliphatic hydroxyl groups is 1. The van der Waals surface area contributed by atoms with Gasteiger partial charge >= 0.3 is 11.8 Å². The van der Waals surface area contributed by atoms with Gasteiger partial charge in [0.1, 0.15) is 5.60 Å². The number of anilines is 1. The Bertz CT molecular complexity index is 433. The van der Waals surface area contributed by atoms with Gasteiger partial charge < -0.3 is 5.11 Å². The third kappa shape index (κ3) is 2.15. The molecular weight excluding hydrogens is 242 g/mol. The number of para-hydroxylation sites is 1. The highest BCUT2D eigenvalue weighted by atomic mass is 19.3. The molecule has 18 heavy (non-hydrogen) atoms. The smallest absolute Gasteiger partial charge is 0.354 e. The summed E-state index contributed by atoms with van der Waals surface area (Å²) in [6.45, 7) is 0. The Hall–Kier alpha value is -1.69. The highest BCUT2D eigenvalue weighted by Crippen LogP contribution is 2.44. The largest absolute Gasteiger partial charge is 0.383 e. The third-order valence-corrected chi connectivity index (χ3v) is 3.14. The van der Waals surface area contributed by atoms with E-state index in [0.29, 0.717) is 12.1 Å². The summed E-state index contributed by atoms with van der Waals surface area (Å²) in [4.78, 5) is 11.4. The normalized spacial score (nSPS) is 17.7. The average Bonchev–Trinajstić information content (AvgIpc) is 2.34. The summed E-state index contributed by atoms with van der Waals surface area (Å²) in [5.74, 6) is -5.30. The van der Waals surface area contributed by atoms with E-state index in [1.807, 2.05) is 5.43 Å². The van der Waals surface area contributed by atoms with Gasteiger partial charge in [0.15, 0.2) is 0 Å². The molecule has 4 nitrogen and oxygen atoms in total. The maximum Gasteiger partial charge on any atom is 0.354 e. The van der Waals surface area contributed by atoms with E-state index in [9.17, 15) is 18.7 Å². The monoisotopic (exact) mass is 256 g/mol. The van der Waals surface area contributed by atoms with Crippen molar-refractivity contribution in [1.82, 2.24) is 5.43 Å². The Morgan fingerprint density at radius 2 is 1.89 bits per heavy atom. The fourth-order valence-electron chi connectivity index (χ4n) is 1.77. The molecule has 1 aliphatic carbocycles. The van der Waals surface area contributed by atoms with E-state index in [1.165, 1.54) is 0 Å². The van der Waals surface area contributed by atoms with Gasteiger partial charge in [-0.15, -0.1) is 0 Å². The molecule has 0 spiro atoms. The van der Waals surface area contributed by atoms with Gasteiger partial charge in [0.25, 0.3) is 0 Å². The van der Waals surface area contributed by atoms with E-state index < -0.39 is 17.4 Å². The summed E-state index contributed by atoms with van der Waals surface area (Å²) in [7, 11) is 0. The lowest BCUT2D eigenvalue weighted by Gasteiger charge is -2.41. The van der Waals surface area contributed by atoms with Gasteiger partial charge in [0, 0.05) is 0 Å². The van der Waals surface area contributed by atoms with Crippen LogP contribution < -0.4 is 10.9 Å². The van der Waals surface area contributed by atoms with Crippen LogP contribution in [0.15, 0.2) is 30.3 Å². The molecule has 0 unspecified atom stereocenters. The number of benzene rings is 1. The number of halogens is 2. The molecule has 98 valence electrons. The van der Waals surface area contributed by atoms with Crippen LogP contribution in [-0.2, 0) is 4.79 Å². The first-order valence-corrected chi connectivity index (χ1v) is 5.67. The van der Waals surface area contributed by atoms with E-state index in [4.69, 9.17) is 0 Å². The van der Waals surface area contributed by atoms with Crippen LogP contribution >= 0.6 is 0 Å². The number of hydrogen-bond donors (Lipinski definition) is 3. The summed E-state index contributed by atoms with van der Waals surface area (Å²) < 4.78 is 27.3. The second-order valence-electron chi connectivity index (χ2n) is 4.40. The molecule has 0 aliphatic heterocycles. The minimum absolute atomic E-state index is 0.0568. The predicted molar refractivity (Wildman–Crippen MR) is 62.0 cm³/mol. The van der Waals surface area contributed by atoms with Gasteiger partial charge in [0.05, 0.1) is 5.69 Å². The van der Waals surface area contributed by atoms with Crippen LogP contribution in [0.25, 0.3) is 0 Å². The van der Waals surface area contributed by atoms with Gasteiger partial charge in [-0.1, -0.05) is 18.2 Å². The molecule has 0 aromatic heterocycles. The Morgan fingerprint density at radius 3 is 2.39 bits per heavy atom. The Kier molecular flexibility index (Phi) is 3.21. The summed E-state index contributed by atoms with van der Waals surface area (Å²) >= 11 is 0. The highest BCUT2D eigenvalue weighted by molar-refractivity contribution is 5.86. The molecule has 2 rings (SSSR count). The highest BCUT2D eigenvalue weighted by Gasteiger charge is 2.61. The van der Waals surface area contributed by atoms with Crippen molar-refractivity contribution in [2.75, 3.05) is 5.43 Å². The number of hydrogen-bond acceptors (Lipinski definition) is 3. The van der Waals surface area contributed by atoms with Crippen molar-refractivity contribution in [2.24, 2.45) is 0 Å². The van der Waals surface area contributed by atoms with Crippen LogP contribution in [0.5, 0.6) is 0 Å². The molecule has 1 aliphatic rings. The number of nitrogens with one attached hydrogen (secondary N) is 2. The van der Waals surface area contributed by atoms with Crippen LogP contribution in [0, 0.1) is 0 Å². The first kappa shape index (κ1) is 12.8. The van der Waals surface area contributed by atoms with E-state index in [2.05, 4.69) is 5.43 Å². The maximum absolute atomic E-state index is 13.6. The van der Waals surface area contributed by atoms with E-state index in [0.717, 1.165) is 0 Å². The number of hydrazine groups is 1. The molecule has 1 aromatic carbocycles. The van der Waals surface area contributed by atoms with Gasteiger partial charge in [0.2, 0.25) is 0 Å². The van der Waals surface area contributed by atoms with Crippen LogP contribution in [0.3, 0.4) is 0 Å². The molecule has 0 heterocycles. The lowest BCUT2D eigenvalue weighted by molar-refractivity contribution is -0.215. The maximum atomic E-state index is 13.6. The van der Waals surface area contributed by atoms with Gasteiger partial charge in [-0.2, -0.15) is 8.78 Å². The molecule has 3 N–H and O–H groups in total. The van der Waals surface area contributed by atoms with E-state index in [-0.39, 0.29) is 12.8 Å². The molecule has 1 saturated carbocycles. The minimum atomic E-state index is -3.78. The zero-order valence-corrected chi connectivity index (χ0v) is 9.62. The van der Waals surface area contributed by atoms with Gasteiger partial charge in [-0.25, -0.2) is 0 Å². The zero-order chi connectivity index (χ0) is 13.2. The molecular formula is C12H14F2N2O2. The van der Waals surface area contributed by atoms with Crippen LogP contribution in [0.1, 0.15) is 19.3 Å². The summed E-state index contributed by atoms with van der Waals surface area (Å²) in [5.41, 5.74) is 2.58. The van der Waals surface area contributed by atoms with Crippen molar-refractivity contribution >= 4 is 11.6 Å². The fraction of sp³-hybridized carbons (Fsp3) is 0.417. The second-order valence-corrected chi connectivity index (χ2v) is 4.40. The number of amides is 1. The molecule has 0 atom stereocenters. The van der Waals surface area contributed by atoms with Crippen LogP contribution in [-0.4, -0.2) is 22.5 Å². The Balaban J connectivity index is 1.95. The molecule has 0 bridgehead atoms. The van der Waals surface area contributed by atoms with E-state index >= 15 is 0 Å². The average molecular weight is 256 g/mol. The Labute approximate surface area is 103 Å². The molecule has 1 fully saturated rings. The lowest BCUT2D eigenvalue weighted by atomic mass is 9.75.